The van der Waals surface area contributed by atoms with E-state index in [0.717, 1.165) is 23.8 Å². The van der Waals surface area contributed by atoms with Crippen LogP contribution in [-0.2, 0) is 0 Å². The van der Waals surface area contributed by atoms with Gasteiger partial charge in [-0.25, -0.2) is 0 Å². The molecule has 2 saturated carbocycles. The summed E-state index contributed by atoms with van der Waals surface area (Å²) in [4.78, 5) is 0. The van der Waals surface area contributed by atoms with Crippen LogP contribution < -0.4 is 5.32 Å². The van der Waals surface area contributed by atoms with Crippen LogP contribution in [0, 0.1) is 11.8 Å². The van der Waals surface area contributed by atoms with Crippen molar-refractivity contribution in [2.75, 3.05) is 6.54 Å². The minimum atomic E-state index is 0.754. The summed E-state index contributed by atoms with van der Waals surface area (Å²) in [5.74, 6) is 2.67. The SMILES string of the molecule is CC1CCCC(CNC2CC2c2ccccc2)C1. The predicted octanol–water partition coefficient (Wildman–Crippen LogP) is 3.96. The van der Waals surface area contributed by atoms with Gasteiger partial charge < -0.3 is 5.32 Å². The summed E-state index contributed by atoms with van der Waals surface area (Å²) in [6, 6.07) is 11.7. The van der Waals surface area contributed by atoms with Gasteiger partial charge in [0.2, 0.25) is 0 Å². The molecule has 1 aromatic rings. The molecule has 2 aliphatic rings. The van der Waals surface area contributed by atoms with Crippen molar-refractivity contribution in [1.82, 2.24) is 5.32 Å². The Kier molecular flexibility index (Phi) is 3.69. The monoisotopic (exact) mass is 243 g/mol. The standard InChI is InChI=1S/C17H25N/c1-13-6-5-7-14(10-13)12-18-17-11-16(17)15-8-3-2-4-9-15/h2-4,8-9,13-14,16-18H,5-7,10-12H2,1H3. The predicted molar refractivity (Wildman–Crippen MR) is 76.7 cm³/mol. The average molecular weight is 243 g/mol. The lowest BCUT2D eigenvalue weighted by molar-refractivity contribution is 0.273. The van der Waals surface area contributed by atoms with Crippen molar-refractivity contribution in [3.05, 3.63) is 35.9 Å². The molecule has 0 saturated heterocycles. The number of hydrogen-bond acceptors (Lipinski definition) is 1. The van der Waals surface area contributed by atoms with Crippen molar-refractivity contribution in [3.8, 4) is 0 Å². The molecule has 1 nitrogen and oxygen atoms in total. The van der Waals surface area contributed by atoms with Crippen molar-refractivity contribution in [2.45, 2.75) is 51.0 Å². The maximum Gasteiger partial charge on any atom is 0.0143 e. The van der Waals surface area contributed by atoms with Gasteiger partial charge in [-0.15, -0.1) is 0 Å². The van der Waals surface area contributed by atoms with Gasteiger partial charge in [0.1, 0.15) is 0 Å². The zero-order valence-corrected chi connectivity index (χ0v) is 11.4. The highest BCUT2D eigenvalue weighted by Gasteiger charge is 2.38. The van der Waals surface area contributed by atoms with Gasteiger partial charge >= 0.3 is 0 Å². The van der Waals surface area contributed by atoms with E-state index in [0.29, 0.717) is 0 Å². The van der Waals surface area contributed by atoms with Gasteiger partial charge in [0.05, 0.1) is 0 Å². The average Bonchev–Trinajstić information content (AvgIpc) is 3.17. The van der Waals surface area contributed by atoms with E-state index >= 15 is 0 Å². The van der Waals surface area contributed by atoms with Crippen molar-refractivity contribution < 1.29 is 0 Å². The molecule has 0 radical (unpaired) electrons. The third-order valence-electron chi connectivity index (χ3n) is 4.73. The number of rotatable bonds is 4. The van der Waals surface area contributed by atoms with Gasteiger partial charge in [-0.05, 0) is 43.2 Å². The molecule has 1 heteroatoms. The highest BCUT2D eigenvalue weighted by atomic mass is 15.0. The first-order valence-electron chi connectivity index (χ1n) is 7.61. The van der Waals surface area contributed by atoms with E-state index in [-0.39, 0.29) is 0 Å². The van der Waals surface area contributed by atoms with Gasteiger partial charge in [-0.3, -0.25) is 0 Å². The molecule has 0 aliphatic heterocycles. The third-order valence-corrected chi connectivity index (χ3v) is 4.73. The quantitative estimate of drug-likeness (QED) is 0.844. The van der Waals surface area contributed by atoms with Gasteiger partial charge in [0.15, 0.2) is 0 Å². The van der Waals surface area contributed by atoms with Crippen LogP contribution in [0.4, 0.5) is 0 Å². The summed E-state index contributed by atoms with van der Waals surface area (Å²) < 4.78 is 0. The Morgan fingerprint density at radius 2 is 1.94 bits per heavy atom. The van der Waals surface area contributed by atoms with Gasteiger partial charge in [-0.2, -0.15) is 0 Å². The minimum Gasteiger partial charge on any atom is -0.313 e. The van der Waals surface area contributed by atoms with Crippen LogP contribution in [-0.4, -0.2) is 12.6 Å². The summed E-state index contributed by atoms with van der Waals surface area (Å²) in [6.45, 7) is 3.66. The molecular weight excluding hydrogens is 218 g/mol. The summed E-state index contributed by atoms with van der Waals surface area (Å²) in [5, 5.41) is 3.80. The second-order valence-electron chi connectivity index (χ2n) is 6.41. The zero-order chi connectivity index (χ0) is 12.4. The Balaban J connectivity index is 1.43. The minimum absolute atomic E-state index is 0.754. The van der Waals surface area contributed by atoms with Crippen molar-refractivity contribution in [2.24, 2.45) is 11.8 Å². The van der Waals surface area contributed by atoms with E-state index in [1.54, 1.807) is 0 Å². The van der Waals surface area contributed by atoms with Gasteiger partial charge in [0.25, 0.3) is 0 Å². The van der Waals surface area contributed by atoms with E-state index in [9.17, 15) is 0 Å². The summed E-state index contributed by atoms with van der Waals surface area (Å²) >= 11 is 0. The first-order chi connectivity index (χ1) is 8.83. The first kappa shape index (κ1) is 12.2. The number of nitrogens with one attached hydrogen (secondary N) is 1. The number of hydrogen-bond donors (Lipinski definition) is 1. The van der Waals surface area contributed by atoms with E-state index in [4.69, 9.17) is 0 Å². The van der Waals surface area contributed by atoms with Crippen LogP contribution in [0.3, 0.4) is 0 Å². The van der Waals surface area contributed by atoms with Crippen LogP contribution in [0.1, 0.15) is 50.5 Å². The Morgan fingerprint density at radius 1 is 1.11 bits per heavy atom. The zero-order valence-electron chi connectivity index (χ0n) is 11.4. The number of benzene rings is 1. The molecule has 3 rings (SSSR count). The van der Waals surface area contributed by atoms with Crippen molar-refractivity contribution in [3.63, 3.8) is 0 Å². The molecule has 18 heavy (non-hydrogen) atoms. The van der Waals surface area contributed by atoms with E-state index < -0.39 is 0 Å². The van der Waals surface area contributed by atoms with Gasteiger partial charge in [-0.1, -0.05) is 50.1 Å². The van der Waals surface area contributed by atoms with Crippen LogP contribution in [0.15, 0.2) is 30.3 Å². The molecule has 4 atom stereocenters. The molecule has 1 aromatic carbocycles. The fourth-order valence-electron chi connectivity index (χ4n) is 3.55. The molecule has 0 aromatic heterocycles. The molecule has 2 aliphatic carbocycles. The lowest BCUT2D eigenvalue weighted by atomic mass is 9.82. The highest BCUT2D eigenvalue weighted by Crippen LogP contribution is 2.41. The summed E-state index contributed by atoms with van der Waals surface area (Å²) in [7, 11) is 0. The van der Waals surface area contributed by atoms with E-state index in [2.05, 4.69) is 42.6 Å². The maximum absolute atomic E-state index is 3.80. The highest BCUT2D eigenvalue weighted by molar-refractivity contribution is 5.27. The molecule has 98 valence electrons. The molecule has 0 amide bonds. The molecule has 0 bridgehead atoms. The normalized spacial score (nSPS) is 35.4. The van der Waals surface area contributed by atoms with Crippen LogP contribution >= 0.6 is 0 Å². The molecule has 0 heterocycles. The third kappa shape index (κ3) is 2.95. The van der Waals surface area contributed by atoms with Crippen LogP contribution in [0.25, 0.3) is 0 Å². The Labute approximate surface area is 111 Å². The molecule has 2 fully saturated rings. The molecule has 4 unspecified atom stereocenters. The van der Waals surface area contributed by atoms with Crippen molar-refractivity contribution >= 4 is 0 Å². The molecule has 1 N–H and O–H groups in total. The topological polar surface area (TPSA) is 12.0 Å². The second-order valence-corrected chi connectivity index (χ2v) is 6.41. The van der Waals surface area contributed by atoms with Crippen LogP contribution in [0.2, 0.25) is 0 Å². The Bertz CT molecular complexity index is 372. The molecule has 0 spiro atoms. The fraction of sp³-hybridized carbons (Fsp3) is 0.647. The van der Waals surface area contributed by atoms with Crippen LogP contribution in [0.5, 0.6) is 0 Å². The summed E-state index contributed by atoms with van der Waals surface area (Å²) in [5.41, 5.74) is 1.52. The Morgan fingerprint density at radius 3 is 2.72 bits per heavy atom. The largest absolute Gasteiger partial charge is 0.313 e. The second kappa shape index (κ2) is 5.44. The van der Waals surface area contributed by atoms with Crippen molar-refractivity contribution in [1.29, 1.82) is 0 Å². The maximum atomic E-state index is 3.80. The van der Waals surface area contributed by atoms with E-state index in [1.807, 2.05) is 0 Å². The fourth-order valence-corrected chi connectivity index (χ4v) is 3.55. The molecular formula is C17H25N. The Hall–Kier alpha value is -0.820. The summed E-state index contributed by atoms with van der Waals surface area (Å²) in [6.07, 6.45) is 7.12. The lowest BCUT2D eigenvalue weighted by Crippen LogP contribution is -2.28. The van der Waals surface area contributed by atoms with Gasteiger partial charge in [0, 0.05) is 12.0 Å². The smallest absolute Gasteiger partial charge is 0.0143 e. The van der Waals surface area contributed by atoms with E-state index in [1.165, 1.54) is 44.2 Å². The first-order valence-corrected chi connectivity index (χ1v) is 7.61. The lowest BCUT2D eigenvalue weighted by Gasteiger charge is -2.27.